The SMILES string of the molecule is CCC1CCCN1Cc1ccc(NC)c([N+](=O)[O-])c1. The molecule has 1 aliphatic rings. The summed E-state index contributed by atoms with van der Waals surface area (Å²) in [5.74, 6) is 0. The normalized spacial score (nSPS) is 19.6. The van der Waals surface area contributed by atoms with Crippen molar-refractivity contribution in [2.75, 3.05) is 18.9 Å². The van der Waals surface area contributed by atoms with Gasteiger partial charge in [0.2, 0.25) is 0 Å². The molecule has 0 saturated carbocycles. The third-order valence-corrected chi connectivity index (χ3v) is 3.88. The minimum atomic E-state index is -0.323. The Hall–Kier alpha value is -1.62. The molecule has 1 saturated heterocycles. The number of nitrogens with one attached hydrogen (secondary N) is 1. The summed E-state index contributed by atoms with van der Waals surface area (Å²) in [5, 5.41) is 13.9. The molecule has 1 fully saturated rings. The molecule has 1 aromatic rings. The molecule has 1 aliphatic heterocycles. The van der Waals surface area contributed by atoms with Gasteiger partial charge in [0.1, 0.15) is 5.69 Å². The molecular weight excluding hydrogens is 242 g/mol. The van der Waals surface area contributed by atoms with Crippen LogP contribution in [0.3, 0.4) is 0 Å². The molecule has 1 heterocycles. The fraction of sp³-hybridized carbons (Fsp3) is 0.571. The van der Waals surface area contributed by atoms with Crippen LogP contribution in [0.4, 0.5) is 11.4 Å². The number of nitrogens with zero attached hydrogens (tertiary/aromatic N) is 2. The quantitative estimate of drug-likeness (QED) is 0.655. The molecule has 1 unspecified atom stereocenters. The maximum atomic E-state index is 11.0. The van der Waals surface area contributed by atoms with E-state index < -0.39 is 0 Å². The summed E-state index contributed by atoms with van der Waals surface area (Å²) in [5.41, 5.74) is 1.75. The van der Waals surface area contributed by atoms with Gasteiger partial charge in [-0.15, -0.1) is 0 Å². The van der Waals surface area contributed by atoms with Crippen LogP contribution in [0.25, 0.3) is 0 Å². The molecule has 104 valence electrons. The Morgan fingerprint density at radius 3 is 2.95 bits per heavy atom. The topological polar surface area (TPSA) is 58.4 Å². The highest BCUT2D eigenvalue weighted by molar-refractivity contribution is 5.62. The lowest BCUT2D eigenvalue weighted by atomic mass is 10.1. The number of benzene rings is 1. The molecule has 19 heavy (non-hydrogen) atoms. The van der Waals surface area contributed by atoms with Crippen LogP contribution < -0.4 is 5.32 Å². The third-order valence-electron chi connectivity index (χ3n) is 3.88. The maximum Gasteiger partial charge on any atom is 0.292 e. The van der Waals surface area contributed by atoms with Gasteiger partial charge in [-0.2, -0.15) is 0 Å². The maximum absolute atomic E-state index is 11.0. The summed E-state index contributed by atoms with van der Waals surface area (Å²) >= 11 is 0. The molecule has 5 nitrogen and oxygen atoms in total. The van der Waals surface area contributed by atoms with Crippen LogP contribution in [0.5, 0.6) is 0 Å². The van der Waals surface area contributed by atoms with Crippen molar-refractivity contribution >= 4 is 11.4 Å². The van der Waals surface area contributed by atoms with Crippen molar-refractivity contribution in [2.45, 2.75) is 38.8 Å². The number of likely N-dealkylation sites (tertiary alicyclic amines) is 1. The monoisotopic (exact) mass is 263 g/mol. The van der Waals surface area contributed by atoms with Gasteiger partial charge >= 0.3 is 0 Å². The fourth-order valence-corrected chi connectivity index (χ4v) is 2.84. The number of nitro groups is 1. The van der Waals surface area contributed by atoms with Crippen molar-refractivity contribution in [1.82, 2.24) is 4.90 Å². The van der Waals surface area contributed by atoms with Gasteiger partial charge in [-0.25, -0.2) is 0 Å². The molecule has 1 aromatic carbocycles. The van der Waals surface area contributed by atoms with E-state index in [4.69, 9.17) is 0 Å². The van der Waals surface area contributed by atoms with Crippen molar-refractivity contribution in [1.29, 1.82) is 0 Å². The Kier molecular flexibility index (Phi) is 4.37. The van der Waals surface area contributed by atoms with Crippen LogP contribution in [0, 0.1) is 10.1 Å². The highest BCUT2D eigenvalue weighted by Crippen LogP contribution is 2.28. The van der Waals surface area contributed by atoms with Crippen molar-refractivity contribution in [3.05, 3.63) is 33.9 Å². The third kappa shape index (κ3) is 3.04. The Labute approximate surface area is 113 Å². The Bertz CT molecular complexity index is 462. The van der Waals surface area contributed by atoms with Gasteiger partial charge in [-0.3, -0.25) is 15.0 Å². The second-order valence-corrected chi connectivity index (χ2v) is 5.03. The van der Waals surface area contributed by atoms with Crippen LogP contribution in [0.15, 0.2) is 18.2 Å². The average molecular weight is 263 g/mol. The highest BCUT2D eigenvalue weighted by Gasteiger charge is 2.23. The molecule has 0 bridgehead atoms. The zero-order valence-electron chi connectivity index (χ0n) is 11.6. The summed E-state index contributed by atoms with van der Waals surface area (Å²) in [6.45, 7) is 4.11. The van der Waals surface area contributed by atoms with Crippen LogP contribution in [0.2, 0.25) is 0 Å². The van der Waals surface area contributed by atoms with Crippen molar-refractivity contribution < 1.29 is 4.92 Å². The number of hydrogen-bond acceptors (Lipinski definition) is 4. The second kappa shape index (κ2) is 6.02. The minimum absolute atomic E-state index is 0.159. The van der Waals surface area contributed by atoms with Gasteiger partial charge in [0.25, 0.3) is 5.69 Å². The molecule has 0 spiro atoms. The smallest absolute Gasteiger partial charge is 0.292 e. The summed E-state index contributed by atoms with van der Waals surface area (Å²) in [6.07, 6.45) is 3.62. The summed E-state index contributed by atoms with van der Waals surface area (Å²) in [4.78, 5) is 13.1. The number of hydrogen-bond donors (Lipinski definition) is 1. The number of rotatable bonds is 5. The van der Waals surface area contributed by atoms with Crippen LogP contribution in [0.1, 0.15) is 31.7 Å². The average Bonchev–Trinajstić information content (AvgIpc) is 2.85. The molecule has 5 heteroatoms. The van der Waals surface area contributed by atoms with Crippen LogP contribution in [-0.4, -0.2) is 29.5 Å². The van der Waals surface area contributed by atoms with Crippen LogP contribution >= 0.6 is 0 Å². The standard InChI is InChI=1S/C14H21N3O2/c1-3-12-5-4-8-16(12)10-11-6-7-13(15-2)14(9-11)17(18)19/h6-7,9,12,15H,3-5,8,10H2,1-2H3. The van der Waals surface area contributed by atoms with Gasteiger partial charge < -0.3 is 5.32 Å². The van der Waals surface area contributed by atoms with Crippen molar-refractivity contribution in [3.8, 4) is 0 Å². The zero-order valence-corrected chi connectivity index (χ0v) is 11.6. The summed E-state index contributed by atoms with van der Waals surface area (Å²) < 4.78 is 0. The molecule has 1 N–H and O–H groups in total. The van der Waals surface area contributed by atoms with E-state index in [2.05, 4.69) is 17.1 Å². The van der Waals surface area contributed by atoms with Gasteiger partial charge in [0.05, 0.1) is 4.92 Å². The van der Waals surface area contributed by atoms with Gasteiger partial charge in [0.15, 0.2) is 0 Å². The van der Waals surface area contributed by atoms with E-state index >= 15 is 0 Å². The van der Waals surface area contributed by atoms with Gasteiger partial charge in [-0.1, -0.05) is 13.0 Å². The first kappa shape index (κ1) is 13.8. The van der Waals surface area contributed by atoms with E-state index in [0.717, 1.165) is 25.1 Å². The predicted molar refractivity (Wildman–Crippen MR) is 76.4 cm³/mol. The minimum Gasteiger partial charge on any atom is -0.383 e. The summed E-state index contributed by atoms with van der Waals surface area (Å²) in [7, 11) is 1.70. The second-order valence-electron chi connectivity index (χ2n) is 5.03. The van der Waals surface area contributed by atoms with E-state index in [1.54, 1.807) is 19.2 Å². The Balaban J connectivity index is 2.17. The zero-order chi connectivity index (χ0) is 13.8. The number of anilines is 1. The van der Waals surface area contributed by atoms with Gasteiger partial charge in [-0.05, 0) is 37.4 Å². The lowest BCUT2D eigenvalue weighted by Gasteiger charge is -2.23. The predicted octanol–water partition coefficient (Wildman–Crippen LogP) is 3.01. The fourth-order valence-electron chi connectivity index (χ4n) is 2.84. The lowest BCUT2D eigenvalue weighted by molar-refractivity contribution is -0.384. The molecule has 2 rings (SSSR count). The molecule has 1 atom stereocenters. The van der Waals surface area contributed by atoms with Gasteiger partial charge in [0, 0.05) is 25.7 Å². The van der Waals surface area contributed by atoms with E-state index in [1.165, 1.54) is 12.8 Å². The van der Waals surface area contributed by atoms with E-state index in [-0.39, 0.29) is 10.6 Å². The van der Waals surface area contributed by atoms with Crippen molar-refractivity contribution in [3.63, 3.8) is 0 Å². The van der Waals surface area contributed by atoms with E-state index in [0.29, 0.717) is 11.7 Å². The van der Waals surface area contributed by atoms with Crippen LogP contribution in [-0.2, 0) is 6.54 Å². The first-order valence-corrected chi connectivity index (χ1v) is 6.84. The molecule has 0 aromatic heterocycles. The van der Waals surface area contributed by atoms with E-state index in [9.17, 15) is 10.1 Å². The van der Waals surface area contributed by atoms with E-state index in [1.807, 2.05) is 6.07 Å². The first-order chi connectivity index (χ1) is 9.15. The Morgan fingerprint density at radius 1 is 1.53 bits per heavy atom. The Morgan fingerprint density at radius 2 is 2.32 bits per heavy atom. The molecular formula is C14H21N3O2. The molecule has 0 amide bonds. The van der Waals surface area contributed by atoms with Crippen molar-refractivity contribution in [2.24, 2.45) is 0 Å². The molecule has 0 radical (unpaired) electrons. The first-order valence-electron chi connectivity index (χ1n) is 6.84. The largest absolute Gasteiger partial charge is 0.383 e. The summed E-state index contributed by atoms with van der Waals surface area (Å²) in [6, 6.07) is 6.09. The lowest BCUT2D eigenvalue weighted by Crippen LogP contribution is -2.28. The highest BCUT2D eigenvalue weighted by atomic mass is 16.6. The molecule has 0 aliphatic carbocycles. The number of nitro benzene ring substituents is 1.